The normalized spacial score (nSPS) is 11.4. The van der Waals surface area contributed by atoms with Crippen LogP contribution in [0.3, 0.4) is 0 Å². The summed E-state index contributed by atoms with van der Waals surface area (Å²) in [5.41, 5.74) is 1.11. The van der Waals surface area contributed by atoms with E-state index in [2.05, 4.69) is 15.6 Å². The van der Waals surface area contributed by atoms with Gasteiger partial charge in [0.25, 0.3) is 5.91 Å². The number of aromatic nitrogens is 1. The molecule has 2 aromatic carbocycles. The van der Waals surface area contributed by atoms with E-state index in [9.17, 15) is 9.59 Å². The van der Waals surface area contributed by atoms with Gasteiger partial charge < -0.3 is 20.1 Å². The first kappa shape index (κ1) is 21.7. The Morgan fingerprint density at radius 3 is 2.40 bits per heavy atom. The molecule has 3 aromatic rings. The molecule has 1 aromatic heterocycles. The third-order valence-corrected chi connectivity index (χ3v) is 5.90. The number of ether oxygens (including phenoxy) is 2. The molecule has 0 radical (unpaired) electrons. The van der Waals surface area contributed by atoms with Crippen LogP contribution in [0.4, 0.5) is 10.8 Å². The van der Waals surface area contributed by atoms with E-state index in [0.29, 0.717) is 27.9 Å². The summed E-state index contributed by atoms with van der Waals surface area (Å²) < 4.78 is 10.4. The van der Waals surface area contributed by atoms with Crippen molar-refractivity contribution >= 4 is 45.7 Å². The number of anilines is 2. The van der Waals surface area contributed by atoms with Crippen molar-refractivity contribution in [3.63, 3.8) is 0 Å². The van der Waals surface area contributed by atoms with Gasteiger partial charge in [0, 0.05) is 27.7 Å². The molecule has 0 fully saturated rings. The summed E-state index contributed by atoms with van der Waals surface area (Å²) in [6.45, 7) is 1.83. The highest BCUT2D eigenvalue weighted by Crippen LogP contribution is 2.29. The van der Waals surface area contributed by atoms with Crippen LogP contribution >= 0.6 is 23.1 Å². The van der Waals surface area contributed by atoms with E-state index in [4.69, 9.17) is 9.47 Å². The number of amides is 2. The fraction of sp³-hybridized carbons (Fsp3) is 0.190. The van der Waals surface area contributed by atoms with Gasteiger partial charge in [-0.25, -0.2) is 4.98 Å². The number of hydrogen-bond donors (Lipinski definition) is 2. The van der Waals surface area contributed by atoms with Crippen molar-refractivity contribution in [2.24, 2.45) is 0 Å². The minimum atomic E-state index is -0.291. The Balaban J connectivity index is 1.58. The number of methoxy groups -OCH3 is 2. The molecule has 30 heavy (non-hydrogen) atoms. The summed E-state index contributed by atoms with van der Waals surface area (Å²) in [7, 11) is 3.06. The summed E-state index contributed by atoms with van der Waals surface area (Å²) in [5.74, 6) is 0.679. The molecule has 0 bridgehead atoms. The SMILES string of the molecule is COc1ccc(C(=O)Nc2ccc(SC(C)C(=O)Nc3nccs3)cc2)cc1OC. The highest BCUT2D eigenvalue weighted by atomic mass is 32.2. The van der Waals surface area contributed by atoms with Crippen molar-refractivity contribution in [2.75, 3.05) is 24.9 Å². The van der Waals surface area contributed by atoms with Gasteiger partial charge in [-0.1, -0.05) is 0 Å². The topological polar surface area (TPSA) is 89.5 Å². The third-order valence-electron chi connectivity index (χ3n) is 4.10. The van der Waals surface area contributed by atoms with Gasteiger partial charge in [0.05, 0.1) is 19.5 Å². The lowest BCUT2D eigenvalue weighted by Crippen LogP contribution is -2.22. The van der Waals surface area contributed by atoms with Crippen LogP contribution in [0.1, 0.15) is 17.3 Å². The zero-order valence-corrected chi connectivity index (χ0v) is 18.3. The van der Waals surface area contributed by atoms with E-state index < -0.39 is 0 Å². The number of nitrogens with one attached hydrogen (secondary N) is 2. The summed E-state index contributed by atoms with van der Waals surface area (Å²) in [6.07, 6.45) is 1.65. The van der Waals surface area contributed by atoms with E-state index in [1.165, 1.54) is 30.2 Å². The lowest BCUT2D eigenvalue weighted by Gasteiger charge is -2.12. The Morgan fingerprint density at radius 1 is 1.03 bits per heavy atom. The van der Waals surface area contributed by atoms with Crippen molar-refractivity contribution in [3.8, 4) is 11.5 Å². The molecule has 0 saturated carbocycles. The van der Waals surface area contributed by atoms with E-state index in [-0.39, 0.29) is 17.1 Å². The number of nitrogens with zero attached hydrogens (tertiary/aromatic N) is 1. The fourth-order valence-corrected chi connectivity index (χ4v) is 3.95. The molecule has 0 aliphatic carbocycles. The summed E-state index contributed by atoms with van der Waals surface area (Å²) in [5, 5.41) is 7.74. The quantitative estimate of drug-likeness (QED) is 0.497. The van der Waals surface area contributed by atoms with E-state index in [1.54, 1.807) is 43.6 Å². The number of hydrogen-bond acceptors (Lipinski definition) is 7. The largest absolute Gasteiger partial charge is 0.493 e. The van der Waals surface area contributed by atoms with Crippen LogP contribution in [0.5, 0.6) is 11.5 Å². The van der Waals surface area contributed by atoms with Crippen LogP contribution in [0.25, 0.3) is 0 Å². The van der Waals surface area contributed by atoms with Gasteiger partial charge in [0.2, 0.25) is 5.91 Å². The molecular formula is C21H21N3O4S2. The lowest BCUT2D eigenvalue weighted by molar-refractivity contribution is -0.115. The first-order valence-electron chi connectivity index (χ1n) is 9.00. The van der Waals surface area contributed by atoms with Gasteiger partial charge >= 0.3 is 0 Å². The second-order valence-electron chi connectivity index (χ2n) is 6.13. The Hall–Kier alpha value is -3.04. The standard InChI is InChI=1S/C21H21N3O4S2/c1-13(19(25)24-21-22-10-11-29-21)30-16-7-5-15(6-8-16)23-20(26)14-4-9-17(27-2)18(12-14)28-3/h4-13H,1-3H3,(H,23,26)(H,22,24,25). The Morgan fingerprint density at radius 2 is 1.77 bits per heavy atom. The molecule has 0 saturated heterocycles. The van der Waals surface area contributed by atoms with E-state index in [1.807, 2.05) is 24.4 Å². The van der Waals surface area contributed by atoms with Crippen LogP contribution in [-0.2, 0) is 4.79 Å². The number of carbonyl (C=O) groups excluding carboxylic acids is 2. The number of thioether (sulfide) groups is 1. The molecule has 1 atom stereocenters. The maximum absolute atomic E-state index is 12.5. The molecule has 1 heterocycles. The molecule has 0 spiro atoms. The molecule has 1 unspecified atom stereocenters. The Bertz CT molecular complexity index is 1010. The minimum Gasteiger partial charge on any atom is -0.493 e. The minimum absolute atomic E-state index is 0.110. The van der Waals surface area contributed by atoms with Crippen molar-refractivity contribution in [1.82, 2.24) is 4.98 Å². The van der Waals surface area contributed by atoms with E-state index >= 15 is 0 Å². The second-order valence-corrected chi connectivity index (χ2v) is 8.44. The smallest absolute Gasteiger partial charge is 0.255 e. The predicted molar refractivity (Wildman–Crippen MR) is 120 cm³/mol. The summed E-state index contributed by atoms with van der Waals surface area (Å²) in [4.78, 5) is 29.7. The van der Waals surface area contributed by atoms with E-state index in [0.717, 1.165) is 4.90 Å². The molecular weight excluding hydrogens is 422 g/mol. The molecule has 3 rings (SSSR count). The average Bonchev–Trinajstić information content (AvgIpc) is 3.27. The van der Waals surface area contributed by atoms with Crippen LogP contribution in [0, 0.1) is 0 Å². The average molecular weight is 444 g/mol. The van der Waals surface area contributed by atoms with Crippen LogP contribution in [-0.4, -0.2) is 36.3 Å². The van der Waals surface area contributed by atoms with Gasteiger partial charge in [-0.15, -0.1) is 23.1 Å². The van der Waals surface area contributed by atoms with Crippen molar-refractivity contribution in [3.05, 3.63) is 59.6 Å². The highest BCUT2D eigenvalue weighted by Gasteiger charge is 2.16. The van der Waals surface area contributed by atoms with Gasteiger partial charge in [-0.2, -0.15) is 0 Å². The summed E-state index contributed by atoms with van der Waals surface area (Å²) in [6, 6.07) is 12.3. The summed E-state index contributed by atoms with van der Waals surface area (Å²) >= 11 is 2.81. The van der Waals surface area contributed by atoms with Crippen molar-refractivity contribution in [2.45, 2.75) is 17.1 Å². The second kappa shape index (κ2) is 10.1. The van der Waals surface area contributed by atoms with Gasteiger partial charge in [-0.3, -0.25) is 9.59 Å². The maximum Gasteiger partial charge on any atom is 0.255 e. The van der Waals surface area contributed by atoms with Crippen LogP contribution in [0.15, 0.2) is 58.9 Å². The number of rotatable bonds is 8. The lowest BCUT2D eigenvalue weighted by atomic mass is 10.2. The molecule has 156 valence electrons. The number of benzene rings is 2. The molecule has 9 heteroatoms. The zero-order valence-electron chi connectivity index (χ0n) is 16.7. The van der Waals surface area contributed by atoms with Crippen LogP contribution in [0.2, 0.25) is 0 Å². The molecule has 2 N–H and O–H groups in total. The predicted octanol–water partition coefficient (Wildman–Crippen LogP) is 4.53. The number of carbonyl (C=O) groups is 2. The molecule has 0 aliphatic heterocycles. The monoisotopic (exact) mass is 443 g/mol. The van der Waals surface area contributed by atoms with Crippen LogP contribution < -0.4 is 20.1 Å². The molecule has 7 nitrogen and oxygen atoms in total. The molecule has 2 amide bonds. The van der Waals surface area contributed by atoms with Crippen molar-refractivity contribution < 1.29 is 19.1 Å². The van der Waals surface area contributed by atoms with Gasteiger partial charge in [0.15, 0.2) is 16.6 Å². The zero-order chi connectivity index (χ0) is 21.5. The highest BCUT2D eigenvalue weighted by molar-refractivity contribution is 8.00. The fourth-order valence-electron chi connectivity index (χ4n) is 2.55. The Labute approximate surface area is 182 Å². The van der Waals surface area contributed by atoms with Gasteiger partial charge in [-0.05, 0) is 49.4 Å². The van der Waals surface area contributed by atoms with Crippen molar-refractivity contribution in [1.29, 1.82) is 0 Å². The molecule has 0 aliphatic rings. The van der Waals surface area contributed by atoms with Gasteiger partial charge in [0.1, 0.15) is 0 Å². The first-order chi connectivity index (χ1) is 14.5. The maximum atomic E-state index is 12.5. The third kappa shape index (κ3) is 5.52. The Kier molecular flexibility index (Phi) is 7.31. The first-order valence-corrected chi connectivity index (χ1v) is 10.8. The number of thiazole rings is 1.